The number of carbonyl (C=O) groups excluding carboxylic acids is 1. The Balaban J connectivity index is 1.87. The molecule has 0 spiro atoms. The molecule has 0 aliphatic carbocycles. The normalized spacial score (nSPS) is 24.6. The highest BCUT2D eigenvalue weighted by molar-refractivity contribution is 8.03. The first-order valence-corrected chi connectivity index (χ1v) is 5.79. The largest absolute Gasteiger partial charge is 0.477 e. The smallest absolute Gasteiger partial charge is 0.353 e. The van der Waals surface area contributed by atoms with Gasteiger partial charge < -0.3 is 9.52 Å². The molecular weight excluding hydrogens is 242 g/mol. The van der Waals surface area contributed by atoms with Crippen LogP contribution in [0, 0.1) is 0 Å². The Morgan fingerprint density at radius 3 is 3.06 bits per heavy atom. The SMILES string of the molecule is O=C(O)C1=CS[C@H]2/C(=C\c3ccoc3)C(=O)N12. The van der Waals surface area contributed by atoms with E-state index in [0.717, 1.165) is 5.56 Å². The predicted octanol–water partition coefficient (Wildman–Crippen LogP) is 1.50. The maximum atomic E-state index is 11.8. The van der Waals surface area contributed by atoms with Crippen molar-refractivity contribution in [1.29, 1.82) is 0 Å². The van der Waals surface area contributed by atoms with Crippen LogP contribution in [-0.4, -0.2) is 27.3 Å². The van der Waals surface area contributed by atoms with Gasteiger partial charge in [0.1, 0.15) is 11.1 Å². The third kappa shape index (κ3) is 1.41. The summed E-state index contributed by atoms with van der Waals surface area (Å²) in [6, 6.07) is 1.74. The van der Waals surface area contributed by atoms with Gasteiger partial charge in [0.2, 0.25) is 0 Å². The van der Waals surface area contributed by atoms with Crippen molar-refractivity contribution in [2.24, 2.45) is 0 Å². The van der Waals surface area contributed by atoms with E-state index < -0.39 is 5.97 Å². The summed E-state index contributed by atoms with van der Waals surface area (Å²) in [6.45, 7) is 0. The van der Waals surface area contributed by atoms with Crippen LogP contribution in [0.3, 0.4) is 0 Å². The fourth-order valence-electron chi connectivity index (χ4n) is 1.80. The summed E-state index contributed by atoms with van der Waals surface area (Å²) in [5.41, 5.74) is 1.45. The lowest BCUT2D eigenvalue weighted by Gasteiger charge is -2.37. The second-order valence-electron chi connectivity index (χ2n) is 3.63. The predicted molar refractivity (Wildman–Crippen MR) is 60.6 cm³/mol. The Bertz CT molecular complexity index is 558. The number of nitrogens with zero attached hydrogens (tertiary/aromatic N) is 1. The monoisotopic (exact) mass is 249 g/mol. The molecule has 6 heteroatoms. The summed E-state index contributed by atoms with van der Waals surface area (Å²) >= 11 is 1.33. The van der Waals surface area contributed by atoms with Gasteiger partial charge in [0.25, 0.3) is 5.91 Å². The van der Waals surface area contributed by atoms with E-state index in [1.54, 1.807) is 12.1 Å². The van der Waals surface area contributed by atoms with Gasteiger partial charge in [-0.05, 0) is 12.1 Å². The number of thioether (sulfide) groups is 1. The van der Waals surface area contributed by atoms with Gasteiger partial charge in [-0.25, -0.2) is 4.79 Å². The molecule has 1 atom stereocenters. The lowest BCUT2D eigenvalue weighted by Crippen LogP contribution is -2.51. The number of carboxylic acids is 1. The van der Waals surface area contributed by atoms with Crippen LogP contribution in [0.15, 0.2) is 39.7 Å². The topological polar surface area (TPSA) is 70.7 Å². The van der Waals surface area contributed by atoms with Crippen molar-refractivity contribution < 1.29 is 19.1 Å². The lowest BCUT2D eigenvalue weighted by atomic mass is 10.0. The average molecular weight is 249 g/mol. The van der Waals surface area contributed by atoms with Crippen LogP contribution in [0.25, 0.3) is 6.08 Å². The molecule has 0 radical (unpaired) electrons. The van der Waals surface area contributed by atoms with Gasteiger partial charge in [0.15, 0.2) is 0 Å². The number of amides is 1. The Hall–Kier alpha value is -1.95. The summed E-state index contributed by atoms with van der Waals surface area (Å²) in [5, 5.41) is 10.2. The van der Waals surface area contributed by atoms with Crippen LogP contribution in [0.1, 0.15) is 5.56 Å². The molecule has 0 aromatic carbocycles. The van der Waals surface area contributed by atoms with Crippen LogP contribution >= 0.6 is 11.8 Å². The number of hydrogen-bond acceptors (Lipinski definition) is 4. The van der Waals surface area contributed by atoms with E-state index >= 15 is 0 Å². The molecule has 17 heavy (non-hydrogen) atoms. The standard InChI is InChI=1S/C11H7NO4S/c13-9-7(3-6-1-2-16-4-6)10-12(9)8(5-17-10)11(14)15/h1-5,10H,(H,14,15)/b7-3-/t10-/m0/s1. The van der Waals surface area contributed by atoms with Gasteiger partial charge in [-0.2, -0.15) is 0 Å². The first-order chi connectivity index (χ1) is 8.18. The Morgan fingerprint density at radius 2 is 2.41 bits per heavy atom. The minimum atomic E-state index is -1.07. The number of fused-ring (bicyclic) bond motifs is 1. The molecule has 2 aliphatic heterocycles. The number of carboxylic acid groups (broad SMARTS) is 1. The first-order valence-electron chi connectivity index (χ1n) is 4.85. The van der Waals surface area contributed by atoms with Crippen LogP contribution < -0.4 is 0 Å². The average Bonchev–Trinajstić information content (AvgIpc) is 2.93. The maximum Gasteiger partial charge on any atom is 0.353 e. The third-order valence-corrected chi connectivity index (χ3v) is 3.70. The number of β-lactam (4-membered cyclic amide) rings is 1. The van der Waals surface area contributed by atoms with E-state index in [0.29, 0.717) is 5.57 Å². The van der Waals surface area contributed by atoms with E-state index in [9.17, 15) is 9.59 Å². The van der Waals surface area contributed by atoms with Gasteiger partial charge in [0.05, 0.1) is 18.1 Å². The van der Waals surface area contributed by atoms with Crippen molar-refractivity contribution >= 4 is 29.7 Å². The van der Waals surface area contributed by atoms with Crippen molar-refractivity contribution in [3.63, 3.8) is 0 Å². The Kier molecular flexibility index (Phi) is 2.12. The van der Waals surface area contributed by atoms with E-state index in [-0.39, 0.29) is 17.0 Å². The van der Waals surface area contributed by atoms with E-state index in [4.69, 9.17) is 9.52 Å². The number of hydrogen-bond donors (Lipinski definition) is 1. The molecule has 5 nitrogen and oxygen atoms in total. The molecule has 1 aromatic rings. The summed E-state index contributed by atoms with van der Waals surface area (Å²) in [4.78, 5) is 23.9. The van der Waals surface area contributed by atoms with E-state index in [1.165, 1.54) is 34.6 Å². The minimum absolute atomic E-state index is 0.0503. The van der Waals surface area contributed by atoms with Gasteiger partial charge in [-0.15, -0.1) is 11.8 Å². The van der Waals surface area contributed by atoms with Crippen LogP contribution in [0.4, 0.5) is 0 Å². The molecule has 3 rings (SSSR count). The Labute approximate surface area is 100 Å². The van der Waals surface area contributed by atoms with Crippen molar-refractivity contribution in [2.45, 2.75) is 5.37 Å². The zero-order valence-electron chi connectivity index (χ0n) is 8.49. The second kappa shape index (κ2) is 3.53. The number of carbonyl (C=O) groups is 2. The van der Waals surface area contributed by atoms with Crippen molar-refractivity contribution in [3.8, 4) is 0 Å². The van der Waals surface area contributed by atoms with Crippen LogP contribution in [-0.2, 0) is 9.59 Å². The number of furan rings is 1. The highest BCUT2D eigenvalue weighted by Gasteiger charge is 2.49. The molecule has 1 saturated heterocycles. The molecule has 2 aliphatic rings. The highest BCUT2D eigenvalue weighted by Crippen LogP contribution is 2.44. The first kappa shape index (κ1) is 10.2. The van der Waals surface area contributed by atoms with Gasteiger partial charge in [-0.3, -0.25) is 9.69 Å². The summed E-state index contributed by atoms with van der Waals surface area (Å²) in [5.74, 6) is -1.33. The van der Waals surface area contributed by atoms with Crippen molar-refractivity contribution in [1.82, 2.24) is 4.90 Å². The number of rotatable bonds is 2. The fourth-order valence-corrected chi connectivity index (χ4v) is 2.92. The molecule has 1 aromatic heterocycles. The molecular formula is C11H7NO4S. The molecule has 0 saturated carbocycles. The fraction of sp³-hybridized carbons (Fsp3) is 0.0909. The summed E-state index contributed by atoms with van der Waals surface area (Å²) in [7, 11) is 0. The second-order valence-corrected chi connectivity index (χ2v) is 4.58. The van der Waals surface area contributed by atoms with Gasteiger partial charge >= 0.3 is 5.97 Å². The summed E-state index contributed by atoms with van der Waals surface area (Å²) < 4.78 is 4.91. The molecule has 3 heterocycles. The zero-order chi connectivity index (χ0) is 12.0. The third-order valence-electron chi connectivity index (χ3n) is 2.62. The molecule has 0 unspecified atom stereocenters. The lowest BCUT2D eigenvalue weighted by molar-refractivity contribution is -0.141. The van der Waals surface area contributed by atoms with E-state index in [2.05, 4.69) is 0 Å². The zero-order valence-corrected chi connectivity index (χ0v) is 9.31. The molecule has 1 fully saturated rings. The van der Waals surface area contributed by atoms with Gasteiger partial charge in [-0.1, -0.05) is 0 Å². The Morgan fingerprint density at radius 1 is 1.59 bits per heavy atom. The molecule has 86 valence electrons. The summed E-state index contributed by atoms with van der Waals surface area (Å²) in [6.07, 6.45) is 4.78. The maximum absolute atomic E-state index is 11.8. The quantitative estimate of drug-likeness (QED) is 0.635. The van der Waals surface area contributed by atoms with Crippen LogP contribution in [0.5, 0.6) is 0 Å². The van der Waals surface area contributed by atoms with Crippen molar-refractivity contribution in [3.05, 3.63) is 40.8 Å². The number of aliphatic carboxylic acids is 1. The molecule has 1 amide bonds. The molecule has 1 N–H and O–H groups in total. The van der Waals surface area contributed by atoms with E-state index in [1.807, 2.05) is 0 Å². The minimum Gasteiger partial charge on any atom is -0.477 e. The van der Waals surface area contributed by atoms with Crippen molar-refractivity contribution in [2.75, 3.05) is 0 Å². The van der Waals surface area contributed by atoms with Crippen LogP contribution in [0.2, 0.25) is 0 Å². The highest BCUT2D eigenvalue weighted by atomic mass is 32.2. The molecule has 0 bridgehead atoms. The van der Waals surface area contributed by atoms with Gasteiger partial charge in [0, 0.05) is 11.0 Å².